The van der Waals surface area contributed by atoms with E-state index in [4.69, 9.17) is 4.42 Å². The van der Waals surface area contributed by atoms with Crippen LogP contribution in [0.2, 0.25) is 0 Å². The van der Waals surface area contributed by atoms with Gasteiger partial charge in [0.05, 0.1) is 5.69 Å². The molecule has 3 nitrogen and oxygen atoms in total. The van der Waals surface area contributed by atoms with Crippen LogP contribution in [-0.2, 0) is 6.42 Å². The molecule has 1 N–H and O–H groups in total. The summed E-state index contributed by atoms with van der Waals surface area (Å²) in [4.78, 5) is 13.5. The summed E-state index contributed by atoms with van der Waals surface area (Å²) in [5.74, 6) is -0.332. The van der Waals surface area contributed by atoms with Crippen LogP contribution in [0.25, 0.3) is 0 Å². The summed E-state index contributed by atoms with van der Waals surface area (Å²) in [5.41, 5.74) is 0.935. The van der Waals surface area contributed by atoms with E-state index in [1.54, 1.807) is 6.26 Å². The van der Waals surface area contributed by atoms with Crippen LogP contribution < -0.4 is 5.76 Å². The number of unbranched alkanes of at least 4 members (excludes halogenated alkanes) is 14. The van der Waals surface area contributed by atoms with E-state index in [1.807, 2.05) is 0 Å². The Morgan fingerprint density at radius 2 is 1.17 bits per heavy atom. The quantitative estimate of drug-likeness (QED) is 0.359. The minimum Gasteiger partial charge on any atom is -0.416 e. The molecule has 1 aromatic rings. The van der Waals surface area contributed by atoms with Gasteiger partial charge in [0.1, 0.15) is 6.26 Å². The lowest BCUT2D eigenvalue weighted by molar-refractivity contribution is 0.514. The minimum absolute atomic E-state index is 0.332. The summed E-state index contributed by atoms with van der Waals surface area (Å²) < 4.78 is 4.73. The molecule has 0 atom stereocenters. The lowest BCUT2D eigenvalue weighted by Crippen LogP contribution is -1.97. The van der Waals surface area contributed by atoms with Crippen molar-refractivity contribution in [2.45, 2.75) is 110 Å². The molecule has 134 valence electrons. The molecule has 0 bridgehead atoms. The molecule has 0 fully saturated rings. The van der Waals surface area contributed by atoms with E-state index in [2.05, 4.69) is 11.9 Å². The number of oxazole rings is 1. The van der Waals surface area contributed by atoms with Gasteiger partial charge >= 0.3 is 5.76 Å². The van der Waals surface area contributed by atoms with Crippen LogP contribution >= 0.6 is 0 Å². The normalized spacial score (nSPS) is 11.2. The Bertz CT molecular complexity index is 408. The van der Waals surface area contributed by atoms with E-state index >= 15 is 0 Å². The molecule has 0 radical (unpaired) electrons. The molecule has 0 saturated carbocycles. The van der Waals surface area contributed by atoms with Crippen LogP contribution in [0, 0.1) is 0 Å². The van der Waals surface area contributed by atoms with E-state index in [0.29, 0.717) is 0 Å². The van der Waals surface area contributed by atoms with Gasteiger partial charge in [-0.15, -0.1) is 0 Å². The second-order valence-corrected chi connectivity index (χ2v) is 6.87. The largest absolute Gasteiger partial charge is 0.416 e. The van der Waals surface area contributed by atoms with Gasteiger partial charge < -0.3 is 4.42 Å². The Balaban J connectivity index is 1.72. The second kappa shape index (κ2) is 14.6. The van der Waals surface area contributed by atoms with Crippen molar-refractivity contribution in [2.75, 3.05) is 0 Å². The second-order valence-electron chi connectivity index (χ2n) is 6.87. The van der Waals surface area contributed by atoms with Gasteiger partial charge in [-0.05, 0) is 12.8 Å². The van der Waals surface area contributed by atoms with Gasteiger partial charge in [0.2, 0.25) is 0 Å². The van der Waals surface area contributed by atoms with Crippen LogP contribution in [0.4, 0.5) is 0 Å². The first-order valence-electron chi connectivity index (χ1n) is 9.99. The third-order valence-electron chi connectivity index (χ3n) is 4.62. The summed E-state index contributed by atoms with van der Waals surface area (Å²) in [6.07, 6.45) is 23.2. The van der Waals surface area contributed by atoms with Crippen molar-refractivity contribution >= 4 is 0 Å². The van der Waals surface area contributed by atoms with Crippen molar-refractivity contribution in [3.8, 4) is 0 Å². The number of hydrogen-bond donors (Lipinski definition) is 1. The van der Waals surface area contributed by atoms with E-state index < -0.39 is 0 Å². The van der Waals surface area contributed by atoms with Crippen LogP contribution in [0.3, 0.4) is 0 Å². The first-order chi connectivity index (χ1) is 11.3. The standard InChI is InChI=1S/C20H37NO2/c1-2-3-4-5-6-7-8-9-10-11-12-13-14-15-16-17-19-18-23-20(22)21-19/h18H,2-17H2,1H3,(H,21,22). The number of aromatic nitrogens is 1. The summed E-state index contributed by atoms with van der Waals surface area (Å²) >= 11 is 0. The van der Waals surface area contributed by atoms with Crippen molar-refractivity contribution in [3.63, 3.8) is 0 Å². The number of H-pyrrole nitrogens is 1. The number of nitrogens with one attached hydrogen (secondary N) is 1. The predicted octanol–water partition coefficient (Wildman–Crippen LogP) is 6.38. The molecule has 0 amide bonds. The van der Waals surface area contributed by atoms with E-state index in [0.717, 1.165) is 18.5 Å². The summed E-state index contributed by atoms with van der Waals surface area (Å²) in [6, 6.07) is 0. The van der Waals surface area contributed by atoms with E-state index in [1.165, 1.54) is 89.9 Å². The molecule has 0 aliphatic rings. The van der Waals surface area contributed by atoms with E-state index in [9.17, 15) is 4.79 Å². The Morgan fingerprint density at radius 1 is 0.739 bits per heavy atom. The average Bonchev–Trinajstić information content (AvgIpc) is 2.96. The molecular formula is C20H37NO2. The Labute approximate surface area is 142 Å². The van der Waals surface area contributed by atoms with Gasteiger partial charge in [0, 0.05) is 0 Å². The van der Waals surface area contributed by atoms with Gasteiger partial charge in [-0.2, -0.15) is 0 Å². The number of aromatic amines is 1. The molecule has 0 spiro atoms. The molecule has 23 heavy (non-hydrogen) atoms. The molecule has 1 rings (SSSR count). The maximum absolute atomic E-state index is 10.8. The Kier molecular flexibility index (Phi) is 12.7. The Hall–Kier alpha value is -0.990. The highest BCUT2D eigenvalue weighted by Gasteiger charge is 1.98. The zero-order chi connectivity index (χ0) is 16.6. The molecule has 0 aromatic carbocycles. The third-order valence-corrected chi connectivity index (χ3v) is 4.62. The molecule has 0 unspecified atom stereocenters. The average molecular weight is 324 g/mol. The highest BCUT2D eigenvalue weighted by Crippen LogP contribution is 2.13. The summed E-state index contributed by atoms with van der Waals surface area (Å²) in [7, 11) is 0. The van der Waals surface area contributed by atoms with Crippen LogP contribution in [-0.4, -0.2) is 4.98 Å². The molecular weight excluding hydrogens is 286 g/mol. The molecule has 0 aliphatic carbocycles. The zero-order valence-corrected chi connectivity index (χ0v) is 15.2. The summed E-state index contributed by atoms with van der Waals surface area (Å²) in [6.45, 7) is 2.28. The highest BCUT2D eigenvalue weighted by molar-refractivity contribution is 4.90. The van der Waals surface area contributed by atoms with Crippen molar-refractivity contribution in [1.29, 1.82) is 0 Å². The maximum atomic E-state index is 10.8. The third kappa shape index (κ3) is 12.1. The molecule has 3 heteroatoms. The lowest BCUT2D eigenvalue weighted by atomic mass is 10.0. The van der Waals surface area contributed by atoms with Crippen LogP contribution in [0.1, 0.15) is 109 Å². The van der Waals surface area contributed by atoms with Gasteiger partial charge in [-0.1, -0.05) is 96.8 Å². The molecule has 1 aromatic heterocycles. The fraction of sp³-hybridized carbons (Fsp3) is 0.850. The number of rotatable bonds is 16. The van der Waals surface area contributed by atoms with Crippen molar-refractivity contribution in [3.05, 3.63) is 22.5 Å². The van der Waals surface area contributed by atoms with Crippen LogP contribution in [0.5, 0.6) is 0 Å². The van der Waals surface area contributed by atoms with Gasteiger partial charge in [-0.3, -0.25) is 4.98 Å². The van der Waals surface area contributed by atoms with Crippen LogP contribution in [0.15, 0.2) is 15.5 Å². The fourth-order valence-corrected chi connectivity index (χ4v) is 3.12. The van der Waals surface area contributed by atoms with Crippen molar-refractivity contribution in [2.24, 2.45) is 0 Å². The summed E-state index contributed by atoms with van der Waals surface area (Å²) in [5, 5.41) is 0. The monoisotopic (exact) mass is 323 g/mol. The van der Waals surface area contributed by atoms with Gasteiger partial charge in [-0.25, -0.2) is 4.79 Å². The highest BCUT2D eigenvalue weighted by atomic mass is 16.4. The molecule has 1 heterocycles. The van der Waals surface area contributed by atoms with E-state index in [-0.39, 0.29) is 5.76 Å². The molecule has 0 aliphatic heterocycles. The number of aryl methyl sites for hydroxylation is 1. The van der Waals surface area contributed by atoms with Gasteiger partial charge in [0.15, 0.2) is 0 Å². The smallest absolute Gasteiger partial charge is 0.416 e. The molecule has 0 saturated heterocycles. The maximum Gasteiger partial charge on any atom is 0.416 e. The SMILES string of the molecule is CCCCCCCCCCCCCCCCCc1coc(=O)[nH]1. The number of hydrogen-bond acceptors (Lipinski definition) is 2. The van der Waals surface area contributed by atoms with Gasteiger partial charge in [0.25, 0.3) is 0 Å². The lowest BCUT2D eigenvalue weighted by Gasteiger charge is -2.03. The first kappa shape index (κ1) is 20.1. The van der Waals surface area contributed by atoms with Crippen molar-refractivity contribution in [1.82, 2.24) is 4.98 Å². The minimum atomic E-state index is -0.332. The predicted molar refractivity (Wildman–Crippen MR) is 98.0 cm³/mol. The topological polar surface area (TPSA) is 46.0 Å². The Morgan fingerprint density at radius 3 is 1.57 bits per heavy atom. The fourth-order valence-electron chi connectivity index (χ4n) is 3.12. The zero-order valence-electron chi connectivity index (χ0n) is 15.2. The first-order valence-corrected chi connectivity index (χ1v) is 9.99. The van der Waals surface area contributed by atoms with Crippen molar-refractivity contribution < 1.29 is 4.42 Å².